The topological polar surface area (TPSA) is 42.5 Å². The van der Waals surface area contributed by atoms with E-state index in [4.69, 9.17) is 9.47 Å². The van der Waals surface area contributed by atoms with Crippen LogP contribution < -0.4 is 10.6 Å². The first-order chi connectivity index (χ1) is 6.31. The standard InChI is InChI=1S/C9H22N2O2/c1-9(8-13-3)11-5-4-10-6-7-12-2/h9-11H,4-8H2,1-3H3. The van der Waals surface area contributed by atoms with Crippen molar-refractivity contribution in [3.63, 3.8) is 0 Å². The molecular weight excluding hydrogens is 168 g/mol. The van der Waals surface area contributed by atoms with Gasteiger partial charge in [-0.25, -0.2) is 0 Å². The van der Waals surface area contributed by atoms with E-state index in [0.29, 0.717) is 6.04 Å². The van der Waals surface area contributed by atoms with Gasteiger partial charge in [0.15, 0.2) is 0 Å². The predicted molar refractivity (Wildman–Crippen MR) is 54.1 cm³/mol. The molecule has 0 aliphatic heterocycles. The van der Waals surface area contributed by atoms with Gasteiger partial charge in [0.05, 0.1) is 13.2 Å². The zero-order valence-corrected chi connectivity index (χ0v) is 8.93. The third-order valence-corrected chi connectivity index (χ3v) is 1.69. The highest BCUT2D eigenvalue weighted by Gasteiger charge is 1.97. The van der Waals surface area contributed by atoms with Gasteiger partial charge in [-0.2, -0.15) is 0 Å². The molecule has 0 fully saturated rings. The van der Waals surface area contributed by atoms with Gasteiger partial charge < -0.3 is 20.1 Å². The predicted octanol–water partition coefficient (Wildman–Crippen LogP) is -0.153. The molecule has 0 amide bonds. The number of rotatable bonds is 9. The van der Waals surface area contributed by atoms with E-state index in [1.807, 2.05) is 0 Å². The Bertz CT molecular complexity index is 102. The molecule has 0 aromatic rings. The first-order valence-corrected chi connectivity index (χ1v) is 4.73. The smallest absolute Gasteiger partial charge is 0.0613 e. The molecule has 80 valence electrons. The number of methoxy groups -OCH3 is 2. The Balaban J connectivity index is 2.97. The van der Waals surface area contributed by atoms with Crippen molar-refractivity contribution < 1.29 is 9.47 Å². The van der Waals surface area contributed by atoms with E-state index < -0.39 is 0 Å². The maximum absolute atomic E-state index is 5.00. The van der Waals surface area contributed by atoms with Crippen LogP contribution in [0.15, 0.2) is 0 Å². The molecule has 0 aromatic carbocycles. The van der Waals surface area contributed by atoms with Crippen LogP contribution in [0, 0.1) is 0 Å². The molecule has 1 unspecified atom stereocenters. The average molecular weight is 190 g/mol. The van der Waals surface area contributed by atoms with E-state index in [-0.39, 0.29) is 0 Å². The van der Waals surface area contributed by atoms with Crippen molar-refractivity contribution in [3.05, 3.63) is 0 Å². The molecule has 0 aromatic heterocycles. The highest BCUT2D eigenvalue weighted by molar-refractivity contribution is 4.59. The Kier molecular flexibility index (Phi) is 9.80. The quantitative estimate of drug-likeness (QED) is 0.496. The summed E-state index contributed by atoms with van der Waals surface area (Å²) < 4.78 is 9.90. The second kappa shape index (κ2) is 9.92. The molecule has 0 saturated heterocycles. The monoisotopic (exact) mass is 190 g/mol. The minimum atomic E-state index is 0.425. The van der Waals surface area contributed by atoms with Crippen molar-refractivity contribution in [3.8, 4) is 0 Å². The van der Waals surface area contributed by atoms with Gasteiger partial charge in [0.25, 0.3) is 0 Å². The van der Waals surface area contributed by atoms with Crippen LogP contribution in [0.3, 0.4) is 0 Å². The highest BCUT2D eigenvalue weighted by atomic mass is 16.5. The molecule has 0 rings (SSSR count). The maximum Gasteiger partial charge on any atom is 0.0613 e. The van der Waals surface area contributed by atoms with Crippen molar-refractivity contribution in [2.75, 3.05) is 47.1 Å². The van der Waals surface area contributed by atoms with E-state index in [2.05, 4.69) is 17.6 Å². The van der Waals surface area contributed by atoms with Crippen LogP contribution in [0.2, 0.25) is 0 Å². The molecule has 0 aliphatic carbocycles. The van der Waals surface area contributed by atoms with Crippen LogP contribution in [0.4, 0.5) is 0 Å². The largest absolute Gasteiger partial charge is 0.383 e. The summed E-state index contributed by atoms with van der Waals surface area (Å²) in [7, 11) is 3.43. The van der Waals surface area contributed by atoms with E-state index in [9.17, 15) is 0 Å². The minimum absolute atomic E-state index is 0.425. The summed E-state index contributed by atoms with van der Waals surface area (Å²) in [6.45, 7) is 6.49. The minimum Gasteiger partial charge on any atom is -0.383 e. The van der Waals surface area contributed by atoms with Crippen molar-refractivity contribution >= 4 is 0 Å². The Labute approximate surface area is 81.0 Å². The Hall–Kier alpha value is -0.160. The molecule has 0 aliphatic rings. The number of hydrogen-bond acceptors (Lipinski definition) is 4. The van der Waals surface area contributed by atoms with Gasteiger partial charge in [0.1, 0.15) is 0 Å². The SMILES string of the molecule is COCCNCCNC(C)COC. The van der Waals surface area contributed by atoms with Gasteiger partial charge in [-0.05, 0) is 6.92 Å². The molecule has 1 atom stereocenters. The normalized spacial score (nSPS) is 13.2. The lowest BCUT2D eigenvalue weighted by molar-refractivity contribution is 0.172. The van der Waals surface area contributed by atoms with Crippen LogP contribution in [0.25, 0.3) is 0 Å². The molecule has 13 heavy (non-hydrogen) atoms. The number of ether oxygens (including phenoxy) is 2. The summed E-state index contributed by atoms with van der Waals surface area (Å²) in [4.78, 5) is 0. The average Bonchev–Trinajstić information content (AvgIpc) is 2.11. The zero-order valence-electron chi connectivity index (χ0n) is 8.93. The molecule has 4 nitrogen and oxygen atoms in total. The highest BCUT2D eigenvalue weighted by Crippen LogP contribution is 1.79. The summed E-state index contributed by atoms with van der Waals surface area (Å²) >= 11 is 0. The van der Waals surface area contributed by atoms with Gasteiger partial charge in [0, 0.05) is 39.9 Å². The molecular formula is C9H22N2O2. The Morgan fingerprint density at radius 1 is 1.08 bits per heavy atom. The molecule has 0 bridgehead atoms. The van der Waals surface area contributed by atoms with E-state index in [1.165, 1.54) is 0 Å². The first-order valence-electron chi connectivity index (χ1n) is 4.73. The van der Waals surface area contributed by atoms with Crippen LogP contribution in [-0.2, 0) is 9.47 Å². The Morgan fingerprint density at radius 2 is 1.85 bits per heavy atom. The van der Waals surface area contributed by atoms with Gasteiger partial charge in [-0.15, -0.1) is 0 Å². The second-order valence-electron chi connectivity index (χ2n) is 3.05. The maximum atomic E-state index is 5.00. The summed E-state index contributed by atoms with van der Waals surface area (Å²) in [6, 6.07) is 0.425. The molecule has 0 saturated carbocycles. The third-order valence-electron chi connectivity index (χ3n) is 1.69. The van der Waals surface area contributed by atoms with E-state index in [1.54, 1.807) is 14.2 Å². The van der Waals surface area contributed by atoms with Crippen LogP contribution in [0.1, 0.15) is 6.92 Å². The van der Waals surface area contributed by atoms with Crippen LogP contribution in [-0.4, -0.2) is 53.1 Å². The number of hydrogen-bond donors (Lipinski definition) is 2. The first kappa shape index (κ1) is 12.8. The van der Waals surface area contributed by atoms with Gasteiger partial charge in [-0.3, -0.25) is 0 Å². The van der Waals surface area contributed by atoms with Gasteiger partial charge in [0.2, 0.25) is 0 Å². The van der Waals surface area contributed by atoms with Crippen LogP contribution >= 0.6 is 0 Å². The summed E-state index contributed by atoms with van der Waals surface area (Å²) in [5.74, 6) is 0. The lowest BCUT2D eigenvalue weighted by Crippen LogP contribution is -2.36. The zero-order chi connectivity index (χ0) is 9.94. The van der Waals surface area contributed by atoms with E-state index in [0.717, 1.165) is 32.8 Å². The fourth-order valence-corrected chi connectivity index (χ4v) is 1.02. The fourth-order valence-electron chi connectivity index (χ4n) is 1.02. The van der Waals surface area contributed by atoms with Crippen LogP contribution in [0.5, 0.6) is 0 Å². The molecule has 4 heteroatoms. The lowest BCUT2D eigenvalue weighted by atomic mass is 10.3. The van der Waals surface area contributed by atoms with Crippen molar-refractivity contribution in [1.82, 2.24) is 10.6 Å². The Morgan fingerprint density at radius 3 is 2.46 bits per heavy atom. The summed E-state index contributed by atoms with van der Waals surface area (Å²) in [6.07, 6.45) is 0. The fraction of sp³-hybridized carbons (Fsp3) is 1.00. The van der Waals surface area contributed by atoms with Crippen molar-refractivity contribution in [1.29, 1.82) is 0 Å². The second-order valence-corrected chi connectivity index (χ2v) is 3.05. The van der Waals surface area contributed by atoms with Gasteiger partial charge >= 0.3 is 0 Å². The van der Waals surface area contributed by atoms with E-state index >= 15 is 0 Å². The molecule has 2 N–H and O–H groups in total. The van der Waals surface area contributed by atoms with Crippen molar-refractivity contribution in [2.45, 2.75) is 13.0 Å². The number of nitrogens with one attached hydrogen (secondary N) is 2. The molecule has 0 heterocycles. The van der Waals surface area contributed by atoms with Crippen molar-refractivity contribution in [2.24, 2.45) is 0 Å². The summed E-state index contributed by atoms with van der Waals surface area (Å²) in [5, 5.41) is 6.59. The molecule has 0 spiro atoms. The molecule has 0 radical (unpaired) electrons. The lowest BCUT2D eigenvalue weighted by Gasteiger charge is -2.12. The third kappa shape index (κ3) is 9.76. The summed E-state index contributed by atoms with van der Waals surface area (Å²) in [5.41, 5.74) is 0. The van der Waals surface area contributed by atoms with Gasteiger partial charge in [-0.1, -0.05) is 0 Å².